The molecular weight excluding hydrogens is 328 g/mol. The van der Waals surface area contributed by atoms with Crippen LogP contribution in [0.2, 0.25) is 0 Å². The maximum atomic E-state index is 12.3. The number of ether oxygens (including phenoxy) is 1. The highest BCUT2D eigenvalue weighted by Crippen LogP contribution is 2.25. The predicted molar refractivity (Wildman–Crippen MR) is 88.6 cm³/mol. The van der Waals surface area contributed by atoms with Gasteiger partial charge in [-0.05, 0) is 24.1 Å². The Kier molecular flexibility index (Phi) is 4.92. The second kappa shape index (κ2) is 7.11. The van der Waals surface area contributed by atoms with Gasteiger partial charge in [0, 0.05) is 12.7 Å². The molecule has 0 aliphatic carbocycles. The van der Waals surface area contributed by atoms with Crippen molar-refractivity contribution in [3.63, 3.8) is 0 Å². The zero-order chi connectivity index (χ0) is 17.0. The first-order valence-corrected chi connectivity index (χ1v) is 9.30. The minimum atomic E-state index is -3.33. The molecule has 0 saturated carbocycles. The third-order valence-corrected chi connectivity index (χ3v) is 5.72. The van der Waals surface area contributed by atoms with Crippen molar-refractivity contribution in [2.75, 3.05) is 18.8 Å². The molecule has 0 bridgehead atoms. The lowest BCUT2D eigenvalue weighted by Gasteiger charge is -2.20. The molecule has 0 radical (unpaired) electrons. The van der Waals surface area contributed by atoms with Crippen LogP contribution in [-0.4, -0.2) is 42.5 Å². The minimum Gasteiger partial charge on any atom is -0.450 e. The minimum absolute atomic E-state index is 0.0859. The molecule has 0 spiro atoms. The summed E-state index contributed by atoms with van der Waals surface area (Å²) >= 11 is 0. The van der Waals surface area contributed by atoms with Crippen LogP contribution in [0.4, 0.5) is 0 Å². The van der Waals surface area contributed by atoms with Gasteiger partial charge in [-0.15, -0.1) is 0 Å². The third kappa shape index (κ3) is 3.80. The number of hydrogen-bond donors (Lipinski definition) is 0. The Morgan fingerprint density at radius 2 is 1.92 bits per heavy atom. The lowest BCUT2D eigenvalue weighted by molar-refractivity contribution is -0.147. The summed E-state index contributed by atoms with van der Waals surface area (Å²) in [5.41, 5.74) is 1.38. The molecule has 1 saturated heterocycles. The first kappa shape index (κ1) is 16.6. The molecule has 6 nitrogen and oxygen atoms in total. The van der Waals surface area contributed by atoms with E-state index in [1.165, 1.54) is 4.31 Å². The van der Waals surface area contributed by atoms with E-state index >= 15 is 0 Å². The van der Waals surface area contributed by atoms with E-state index in [9.17, 15) is 13.2 Å². The summed E-state index contributed by atoms with van der Waals surface area (Å²) in [4.78, 5) is 16.5. The van der Waals surface area contributed by atoms with Crippen molar-refractivity contribution >= 4 is 16.0 Å². The van der Waals surface area contributed by atoms with Gasteiger partial charge in [0.2, 0.25) is 10.0 Å². The molecular formula is C17H18N2O4S. The number of esters is 1. The Balaban J connectivity index is 1.78. The molecule has 1 aliphatic rings. The van der Waals surface area contributed by atoms with Crippen molar-refractivity contribution in [3.05, 3.63) is 66.0 Å². The number of sulfonamides is 1. The van der Waals surface area contributed by atoms with Crippen molar-refractivity contribution in [1.29, 1.82) is 0 Å². The van der Waals surface area contributed by atoms with Gasteiger partial charge < -0.3 is 4.74 Å². The number of carbonyl (C=O) groups is 1. The van der Waals surface area contributed by atoms with Gasteiger partial charge >= 0.3 is 5.97 Å². The van der Waals surface area contributed by atoms with Gasteiger partial charge in [0.1, 0.15) is 6.54 Å². The number of rotatable bonds is 5. The summed E-state index contributed by atoms with van der Waals surface area (Å²) in [5, 5.41) is 0. The van der Waals surface area contributed by atoms with Crippen LogP contribution in [0.5, 0.6) is 0 Å². The van der Waals surface area contributed by atoms with Gasteiger partial charge in [-0.1, -0.05) is 36.4 Å². The Hall–Kier alpha value is -2.25. The van der Waals surface area contributed by atoms with Crippen LogP contribution in [0.3, 0.4) is 0 Å². The molecule has 1 aliphatic heterocycles. The van der Waals surface area contributed by atoms with Crippen LogP contribution in [0.25, 0.3) is 0 Å². The highest BCUT2D eigenvalue weighted by atomic mass is 32.2. The second-order valence-electron chi connectivity index (χ2n) is 5.54. The van der Waals surface area contributed by atoms with Crippen LogP contribution >= 0.6 is 0 Å². The average molecular weight is 346 g/mol. The third-order valence-electron chi connectivity index (χ3n) is 3.82. The van der Waals surface area contributed by atoms with Crippen LogP contribution in [-0.2, 0) is 19.6 Å². The lowest BCUT2D eigenvalue weighted by Crippen LogP contribution is -2.33. The fraction of sp³-hybridized carbons (Fsp3) is 0.294. The number of pyridine rings is 1. The number of benzene rings is 1. The van der Waals surface area contributed by atoms with Crippen molar-refractivity contribution in [2.24, 2.45) is 0 Å². The normalized spacial score (nSPS) is 18.2. The molecule has 1 aromatic carbocycles. The molecule has 2 heterocycles. The molecule has 0 unspecified atom stereocenters. The van der Waals surface area contributed by atoms with Gasteiger partial charge in [-0.3, -0.25) is 9.78 Å². The van der Waals surface area contributed by atoms with Gasteiger partial charge in [0.15, 0.2) is 6.10 Å². The molecule has 1 fully saturated rings. The van der Waals surface area contributed by atoms with E-state index in [1.54, 1.807) is 18.3 Å². The molecule has 0 amide bonds. The Bertz CT molecular complexity index is 754. The summed E-state index contributed by atoms with van der Waals surface area (Å²) in [6.45, 7) is 0.0928. The van der Waals surface area contributed by atoms with Gasteiger partial charge in [-0.25, -0.2) is 8.42 Å². The molecule has 24 heavy (non-hydrogen) atoms. The van der Waals surface area contributed by atoms with E-state index in [-0.39, 0.29) is 12.3 Å². The Labute approximate surface area is 141 Å². The zero-order valence-electron chi connectivity index (χ0n) is 13.0. The number of hydrogen-bond acceptors (Lipinski definition) is 5. The standard InChI is InChI=1S/C17H18N2O4S/c20-16(13-19-11-6-12-24(19,21)22)23-17(14-7-2-1-3-8-14)15-9-4-5-10-18-15/h1-5,7-10,17H,6,11-13H2/t17-/m0/s1. The molecule has 3 rings (SSSR count). The quantitative estimate of drug-likeness (QED) is 0.771. The van der Waals surface area contributed by atoms with E-state index in [1.807, 2.05) is 36.4 Å². The fourth-order valence-corrected chi connectivity index (χ4v) is 4.10. The highest BCUT2D eigenvalue weighted by Gasteiger charge is 2.31. The summed E-state index contributed by atoms with van der Waals surface area (Å²) in [6.07, 6.45) is 1.51. The molecule has 0 N–H and O–H groups in total. The first-order chi connectivity index (χ1) is 11.6. The fourth-order valence-electron chi connectivity index (χ4n) is 2.64. The summed E-state index contributed by atoms with van der Waals surface area (Å²) in [6, 6.07) is 14.6. The van der Waals surface area contributed by atoms with Crippen LogP contribution in [0.15, 0.2) is 54.7 Å². The van der Waals surface area contributed by atoms with Gasteiger partial charge in [0.05, 0.1) is 11.4 Å². The molecule has 7 heteroatoms. The Morgan fingerprint density at radius 3 is 2.54 bits per heavy atom. The van der Waals surface area contributed by atoms with Crippen molar-refractivity contribution < 1.29 is 17.9 Å². The number of nitrogens with zero attached hydrogens (tertiary/aromatic N) is 2. The average Bonchev–Trinajstić information content (AvgIpc) is 2.92. The monoisotopic (exact) mass is 346 g/mol. The van der Waals surface area contributed by atoms with E-state index in [0.717, 1.165) is 5.56 Å². The summed E-state index contributed by atoms with van der Waals surface area (Å²) in [7, 11) is -3.33. The van der Waals surface area contributed by atoms with Gasteiger partial charge in [-0.2, -0.15) is 4.31 Å². The maximum Gasteiger partial charge on any atom is 0.322 e. The largest absolute Gasteiger partial charge is 0.450 e. The number of carbonyl (C=O) groups excluding carboxylic acids is 1. The topological polar surface area (TPSA) is 76.6 Å². The van der Waals surface area contributed by atoms with Gasteiger partial charge in [0.25, 0.3) is 0 Å². The summed E-state index contributed by atoms with van der Waals surface area (Å²) < 4.78 is 30.4. The molecule has 1 atom stereocenters. The predicted octanol–water partition coefficient (Wildman–Crippen LogP) is 1.75. The summed E-state index contributed by atoms with van der Waals surface area (Å²) in [5.74, 6) is -0.497. The molecule has 2 aromatic rings. The van der Waals surface area contributed by atoms with Crippen molar-refractivity contribution in [1.82, 2.24) is 9.29 Å². The van der Waals surface area contributed by atoms with Crippen molar-refractivity contribution in [2.45, 2.75) is 12.5 Å². The highest BCUT2D eigenvalue weighted by molar-refractivity contribution is 7.89. The van der Waals surface area contributed by atoms with E-state index in [2.05, 4.69) is 4.98 Å². The Morgan fingerprint density at radius 1 is 1.17 bits per heavy atom. The molecule has 1 aromatic heterocycles. The second-order valence-corrected chi connectivity index (χ2v) is 7.63. The van der Waals surface area contributed by atoms with E-state index in [4.69, 9.17) is 4.74 Å². The smallest absolute Gasteiger partial charge is 0.322 e. The lowest BCUT2D eigenvalue weighted by atomic mass is 10.1. The van der Waals surface area contributed by atoms with Crippen LogP contribution in [0, 0.1) is 0 Å². The van der Waals surface area contributed by atoms with Crippen LogP contribution < -0.4 is 0 Å². The number of aromatic nitrogens is 1. The van der Waals surface area contributed by atoms with E-state index < -0.39 is 22.1 Å². The van der Waals surface area contributed by atoms with Crippen LogP contribution in [0.1, 0.15) is 23.8 Å². The zero-order valence-corrected chi connectivity index (χ0v) is 13.9. The molecule has 126 valence electrons. The van der Waals surface area contributed by atoms with Crippen molar-refractivity contribution in [3.8, 4) is 0 Å². The maximum absolute atomic E-state index is 12.3. The van der Waals surface area contributed by atoms with E-state index in [0.29, 0.717) is 18.7 Å². The first-order valence-electron chi connectivity index (χ1n) is 7.69. The SMILES string of the molecule is O=C(CN1CCCS1(=O)=O)O[C@@H](c1ccccc1)c1ccccn1.